The predicted octanol–water partition coefficient (Wildman–Crippen LogP) is 7.72. The van der Waals surface area contributed by atoms with E-state index in [1.807, 2.05) is 0 Å². The topological polar surface area (TPSA) is 50.2 Å². The Balaban J connectivity index is 0.000000337. The standard InChI is InChI=1S/C23H16NS.C5H8O2.Ir/c1-14-7-8-16-13-17(12-15(2)20(16)11-14)22-19-9-10-25-23(19)18-5-3-4-6-21(18)24-22;1-4(6)3-5(2)7;/h3-12H,1-2H3;3,6H,1-2H3;/q-1;;/b;4-3-;. The Bertz CT molecular complexity index is 1500. The Morgan fingerprint density at radius 1 is 1.00 bits per heavy atom. The molecule has 0 atom stereocenters. The summed E-state index contributed by atoms with van der Waals surface area (Å²) < 4.78 is 1.30. The normalized spacial score (nSPS) is 11.2. The van der Waals surface area contributed by atoms with Crippen molar-refractivity contribution in [2.75, 3.05) is 0 Å². The molecular weight excluding hydrogens is 607 g/mol. The van der Waals surface area contributed by atoms with Crippen LogP contribution in [0.4, 0.5) is 0 Å². The van der Waals surface area contributed by atoms with Crippen LogP contribution in [0.2, 0.25) is 0 Å². The molecule has 5 aromatic rings. The first-order valence-corrected chi connectivity index (χ1v) is 11.3. The molecule has 5 rings (SSSR count). The minimum Gasteiger partial charge on any atom is -0.512 e. The summed E-state index contributed by atoms with van der Waals surface area (Å²) in [5, 5.41) is 15.4. The van der Waals surface area contributed by atoms with Crippen molar-refractivity contribution in [1.29, 1.82) is 0 Å². The first-order chi connectivity index (χ1) is 15.3. The molecule has 1 radical (unpaired) electrons. The number of pyridine rings is 1. The first kappa shape index (κ1) is 24.8. The zero-order valence-electron chi connectivity index (χ0n) is 18.9. The maximum atomic E-state index is 10.0. The van der Waals surface area contributed by atoms with Gasteiger partial charge >= 0.3 is 0 Å². The second-order valence-electron chi connectivity index (χ2n) is 7.95. The number of aromatic nitrogens is 1. The number of aliphatic hydroxyl groups excluding tert-OH is 1. The molecule has 0 saturated carbocycles. The van der Waals surface area contributed by atoms with Gasteiger partial charge in [0.15, 0.2) is 5.78 Å². The fourth-order valence-electron chi connectivity index (χ4n) is 3.84. The van der Waals surface area contributed by atoms with E-state index in [0.717, 1.165) is 22.2 Å². The van der Waals surface area contributed by atoms with Gasteiger partial charge in [0.1, 0.15) is 0 Å². The van der Waals surface area contributed by atoms with Gasteiger partial charge in [-0.1, -0.05) is 53.8 Å². The maximum Gasteiger partial charge on any atom is 0.155 e. The van der Waals surface area contributed by atoms with Gasteiger partial charge < -0.3 is 5.11 Å². The van der Waals surface area contributed by atoms with E-state index in [4.69, 9.17) is 10.1 Å². The Hall–Kier alpha value is -2.85. The Labute approximate surface area is 211 Å². The van der Waals surface area contributed by atoms with E-state index < -0.39 is 0 Å². The average molecular weight is 631 g/mol. The number of carbonyl (C=O) groups is 1. The SMILES string of the molecule is CC(=O)/C=C(/C)O.Cc1ccc2[c-]c(-c3nc4ccccc4c4sccc34)cc(C)c2c1.[Ir]. The van der Waals surface area contributed by atoms with Gasteiger partial charge in [0, 0.05) is 42.0 Å². The molecule has 0 aliphatic heterocycles. The van der Waals surface area contributed by atoms with Crippen molar-refractivity contribution < 1.29 is 30.0 Å². The van der Waals surface area contributed by atoms with E-state index in [1.54, 1.807) is 11.3 Å². The molecule has 0 amide bonds. The van der Waals surface area contributed by atoms with E-state index >= 15 is 0 Å². The fourth-order valence-corrected chi connectivity index (χ4v) is 4.78. The molecule has 3 aromatic carbocycles. The van der Waals surface area contributed by atoms with Gasteiger partial charge in [-0.25, -0.2) is 0 Å². The minimum absolute atomic E-state index is 0. The van der Waals surface area contributed by atoms with Crippen LogP contribution in [0.3, 0.4) is 0 Å². The van der Waals surface area contributed by atoms with Gasteiger partial charge in [0.2, 0.25) is 0 Å². The molecule has 0 bridgehead atoms. The van der Waals surface area contributed by atoms with Crippen LogP contribution in [0.5, 0.6) is 0 Å². The largest absolute Gasteiger partial charge is 0.512 e. The summed E-state index contributed by atoms with van der Waals surface area (Å²) in [5.41, 5.74) is 5.69. The van der Waals surface area contributed by atoms with Crippen molar-refractivity contribution in [3.8, 4) is 11.3 Å². The van der Waals surface area contributed by atoms with Crippen LogP contribution < -0.4 is 0 Å². The van der Waals surface area contributed by atoms with Gasteiger partial charge in [-0.05, 0) is 43.7 Å². The molecule has 2 heterocycles. The summed E-state index contributed by atoms with van der Waals surface area (Å²) in [6.45, 7) is 7.15. The second kappa shape index (κ2) is 10.4. The fraction of sp³-hybridized carbons (Fsp3) is 0.143. The van der Waals surface area contributed by atoms with Crippen LogP contribution in [0.25, 0.3) is 43.0 Å². The van der Waals surface area contributed by atoms with Crippen LogP contribution in [0.15, 0.2) is 71.8 Å². The Morgan fingerprint density at radius 3 is 2.45 bits per heavy atom. The number of fused-ring (bicyclic) bond motifs is 4. The number of aliphatic hydroxyl groups is 1. The summed E-state index contributed by atoms with van der Waals surface area (Å²) in [7, 11) is 0. The third-order valence-electron chi connectivity index (χ3n) is 5.20. The number of benzene rings is 3. The van der Waals surface area contributed by atoms with Crippen molar-refractivity contribution in [3.05, 3.63) is 89.0 Å². The molecule has 0 fully saturated rings. The van der Waals surface area contributed by atoms with Crippen molar-refractivity contribution >= 4 is 48.9 Å². The molecule has 3 nitrogen and oxygen atoms in total. The molecule has 0 unspecified atom stereocenters. The molecule has 2 aromatic heterocycles. The molecule has 1 N–H and O–H groups in total. The van der Waals surface area contributed by atoms with Crippen LogP contribution in [0.1, 0.15) is 25.0 Å². The molecule has 5 heteroatoms. The van der Waals surface area contributed by atoms with E-state index in [0.29, 0.717) is 0 Å². The van der Waals surface area contributed by atoms with Crippen LogP contribution in [-0.4, -0.2) is 15.9 Å². The monoisotopic (exact) mass is 631 g/mol. The zero-order valence-corrected chi connectivity index (χ0v) is 22.1. The molecule has 0 aliphatic rings. The predicted molar refractivity (Wildman–Crippen MR) is 135 cm³/mol. The number of ketones is 1. The third kappa shape index (κ3) is 5.39. The number of thiophene rings is 1. The molecular formula is C28H24IrNO2S-. The summed E-state index contributed by atoms with van der Waals surface area (Å²) in [4.78, 5) is 15.0. The van der Waals surface area contributed by atoms with Crippen molar-refractivity contribution in [2.24, 2.45) is 0 Å². The summed E-state index contributed by atoms with van der Waals surface area (Å²) in [5.74, 6) is -0.0625. The quantitative estimate of drug-likeness (QED) is 0.123. The summed E-state index contributed by atoms with van der Waals surface area (Å²) in [6, 6.07) is 22.9. The Kier molecular flexibility index (Phi) is 7.80. The van der Waals surface area contributed by atoms with Crippen molar-refractivity contribution in [2.45, 2.75) is 27.7 Å². The molecule has 0 saturated heterocycles. The second-order valence-corrected chi connectivity index (χ2v) is 8.87. The number of nitrogens with zero attached hydrogens (tertiary/aromatic N) is 1. The smallest absolute Gasteiger partial charge is 0.155 e. The van der Waals surface area contributed by atoms with Crippen LogP contribution >= 0.6 is 11.3 Å². The number of hydrogen-bond acceptors (Lipinski definition) is 4. The minimum atomic E-state index is -0.125. The van der Waals surface area contributed by atoms with E-state index in [1.165, 1.54) is 51.9 Å². The number of rotatable bonds is 2. The molecule has 33 heavy (non-hydrogen) atoms. The first-order valence-electron chi connectivity index (χ1n) is 10.4. The van der Waals surface area contributed by atoms with E-state index in [2.05, 4.69) is 79.9 Å². The maximum absolute atomic E-state index is 10.0. The zero-order chi connectivity index (χ0) is 22.8. The van der Waals surface area contributed by atoms with Gasteiger partial charge in [-0.2, -0.15) is 0 Å². The summed E-state index contributed by atoms with van der Waals surface area (Å²) >= 11 is 1.78. The van der Waals surface area contributed by atoms with Crippen LogP contribution in [-0.2, 0) is 24.9 Å². The number of para-hydroxylation sites is 1. The number of allylic oxidation sites excluding steroid dienone is 2. The average Bonchev–Trinajstić information content (AvgIpc) is 3.23. The molecule has 0 aliphatic carbocycles. The van der Waals surface area contributed by atoms with Gasteiger partial charge in [-0.3, -0.25) is 9.78 Å². The number of hydrogen-bond donors (Lipinski definition) is 1. The van der Waals surface area contributed by atoms with E-state index in [-0.39, 0.29) is 31.6 Å². The number of carbonyl (C=O) groups excluding carboxylic acids is 1. The van der Waals surface area contributed by atoms with Crippen molar-refractivity contribution in [3.63, 3.8) is 0 Å². The van der Waals surface area contributed by atoms with E-state index in [9.17, 15) is 4.79 Å². The summed E-state index contributed by atoms with van der Waals surface area (Å²) in [6.07, 6.45) is 1.17. The van der Waals surface area contributed by atoms with Gasteiger partial charge in [0.05, 0.1) is 11.3 Å². The van der Waals surface area contributed by atoms with Crippen LogP contribution in [0, 0.1) is 19.9 Å². The number of aryl methyl sites for hydroxylation is 2. The molecule has 0 spiro atoms. The van der Waals surface area contributed by atoms with Gasteiger partial charge in [-0.15, -0.1) is 40.5 Å². The van der Waals surface area contributed by atoms with Gasteiger partial charge in [0.25, 0.3) is 0 Å². The Morgan fingerprint density at radius 2 is 1.76 bits per heavy atom. The third-order valence-corrected chi connectivity index (χ3v) is 6.15. The van der Waals surface area contributed by atoms with Crippen molar-refractivity contribution in [1.82, 2.24) is 4.98 Å². The molecule has 169 valence electrons.